The van der Waals surface area contributed by atoms with Crippen molar-refractivity contribution >= 4 is 39.5 Å². The van der Waals surface area contributed by atoms with Crippen molar-refractivity contribution in [1.29, 1.82) is 0 Å². The van der Waals surface area contributed by atoms with Crippen LogP contribution in [0.15, 0.2) is 0 Å². The highest BCUT2D eigenvalue weighted by atomic mass is 31.2. The summed E-state index contributed by atoms with van der Waals surface area (Å²) in [6.07, 6.45) is 66.6. The molecule has 0 fully saturated rings. The summed E-state index contributed by atoms with van der Waals surface area (Å²) in [6, 6.07) is 0. The average molecular weight is 1480 g/mol. The monoisotopic (exact) mass is 1480 g/mol. The van der Waals surface area contributed by atoms with Gasteiger partial charge in [-0.05, 0) is 31.6 Å². The minimum Gasteiger partial charge on any atom is -0.462 e. The second kappa shape index (κ2) is 74.9. The van der Waals surface area contributed by atoms with E-state index in [1.165, 1.54) is 263 Å². The zero-order valence-electron chi connectivity index (χ0n) is 66.1. The van der Waals surface area contributed by atoms with Crippen LogP contribution in [0, 0.1) is 5.92 Å². The average Bonchev–Trinajstić information content (AvgIpc) is 1.00. The van der Waals surface area contributed by atoms with E-state index in [2.05, 4.69) is 34.6 Å². The zero-order valence-corrected chi connectivity index (χ0v) is 67.8. The number of rotatable bonds is 82. The Morgan fingerprint density at radius 3 is 0.703 bits per heavy atom. The van der Waals surface area contributed by atoms with Crippen molar-refractivity contribution < 1.29 is 80.2 Å². The van der Waals surface area contributed by atoms with Crippen LogP contribution in [-0.2, 0) is 65.4 Å². The summed E-state index contributed by atoms with van der Waals surface area (Å²) in [5.74, 6) is -1.30. The first-order chi connectivity index (χ1) is 49.1. The highest BCUT2D eigenvalue weighted by Crippen LogP contribution is 2.45. The molecular formula is C82H160O17P2. The fraction of sp³-hybridized carbons (Fsp3) is 0.951. The molecule has 0 aromatic carbocycles. The van der Waals surface area contributed by atoms with Crippen LogP contribution in [-0.4, -0.2) is 96.7 Å². The summed E-state index contributed by atoms with van der Waals surface area (Å²) in [5.41, 5.74) is 0. The van der Waals surface area contributed by atoms with Crippen LogP contribution in [0.4, 0.5) is 0 Å². The Morgan fingerprint density at radius 2 is 0.475 bits per heavy atom. The van der Waals surface area contributed by atoms with E-state index in [9.17, 15) is 43.2 Å². The van der Waals surface area contributed by atoms with Crippen LogP contribution in [0.3, 0.4) is 0 Å². The van der Waals surface area contributed by atoms with Crippen molar-refractivity contribution in [3.8, 4) is 0 Å². The lowest BCUT2D eigenvalue weighted by molar-refractivity contribution is -0.161. The number of phosphoric acid groups is 2. The van der Waals surface area contributed by atoms with Crippen LogP contribution < -0.4 is 0 Å². The molecule has 0 saturated carbocycles. The number of esters is 4. The molecule has 6 atom stereocenters. The van der Waals surface area contributed by atoms with Gasteiger partial charge in [0.15, 0.2) is 12.2 Å². The van der Waals surface area contributed by atoms with Gasteiger partial charge in [-0.2, -0.15) is 0 Å². The fourth-order valence-corrected chi connectivity index (χ4v) is 14.3. The Labute approximate surface area is 619 Å². The van der Waals surface area contributed by atoms with Gasteiger partial charge in [-0.3, -0.25) is 37.3 Å². The molecule has 0 heterocycles. The molecule has 0 aliphatic rings. The minimum atomic E-state index is -4.96. The van der Waals surface area contributed by atoms with E-state index in [-0.39, 0.29) is 25.7 Å². The van der Waals surface area contributed by atoms with Gasteiger partial charge in [0, 0.05) is 25.7 Å². The standard InChI is InChI=1S/C82H160O17P2/c1-6-10-13-16-19-22-24-26-28-30-31-32-33-35-37-39-41-47-52-57-62-67-81(86)98-78(72-93-80(85)66-61-56-51-46-40-38-36-34-29-27-25-23-20-17-14-11-7-2)74-97-101(90,91)95-70-76(83)69-94-100(88,89)96-73-77(71-92-79(84)65-60-55-50-44-21-18-15-12-8-3)99-82(87)68-63-58-53-48-43-42-45-49-54-59-64-75(5)9-4/h75-78,83H,6-74H2,1-5H3,(H,88,89)(H,90,91)/t75?,76-,77+,78+/m0/s1. The minimum absolute atomic E-state index is 0.107. The van der Waals surface area contributed by atoms with Crippen molar-refractivity contribution in [3.05, 3.63) is 0 Å². The largest absolute Gasteiger partial charge is 0.472 e. The lowest BCUT2D eigenvalue weighted by Crippen LogP contribution is -2.30. The first-order valence-electron chi connectivity index (χ1n) is 42.7. The smallest absolute Gasteiger partial charge is 0.462 e. The Kier molecular flexibility index (Phi) is 73.5. The van der Waals surface area contributed by atoms with Crippen LogP contribution in [0.5, 0.6) is 0 Å². The number of unbranched alkanes of at least 4 members (excludes halogenated alkanes) is 53. The number of carbonyl (C=O) groups is 4. The lowest BCUT2D eigenvalue weighted by Gasteiger charge is -2.21. The molecule has 0 aromatic rings. The third-order valence-electron chi connectivity index (χ3n) is 19.6. The molecule has 0 bridgehead atoms. The molecule has 0 aliphatic carbocycles. The van der Waals surface area contributed by atoms with Crippen molar-refractivity contribution in [3.63, 3.8) is 0 Å². The number of aliphatic hydroxyl groups excluding tert-OH is 1. The molecular weight excluding hydrogens is 1320 g/mol. The summed E-state index contributed by atoms with van der Waals surface area (Å²) >= 11 is 0. The van der Waals surface area contributed by atoms with Gasteiger partial charge in [-0.15, -0.1) is 0 Å². The number of hydrogen-bond donors (Lipinski definition) is 3. The highest BCUT2D eigenvalue weighted by molar-refractivity contribution is 7.47. The third-order valence-corrected chi connectivity index (χ3v) is 21.5. The van der Waals surface area contributed by atoms with Crippen LogP contribution >= 0.6 is 15.6 Å². The lowest BCUT2D eigenvalue weighted by atomic mass is 9.99. The van der Waals surface area contributed by atoms with Gasteiger partial charge in [-0.1, -0.05) is 388 Å². The molecule has 17 nitrogen and oxygen atoms in total. The number of phosphoric ester groups is 2. The molecule has 0 aliphatic heterocycles. The second-order valence-corrected chi connectivity index (χ2v) is 32.7. The third kappa shape index (κ3) is 74.7. The molecule has 0 radical (unpaired) electrons. The van der Waals surface area contributed by atoms with E-state index in [0.717, 1.165) is 95.8 Å². The molecule has 3 N–H and O–H groups in total. The van der Waals surface area contributed by atoms with Crippen molar-refractivity contribution in [1.82, 2.24) is 0 Å². The summed E-state index contributed by atoms with van der Waals surface area (Å²) in [5, 5.41) is 10.6. The molecule has 600 valence electrons. The van der Waals surface area contributed by atoms with Gasteiger partial charge < -0.3 is 33.8 Å². The van der Waals surface area contributed by atoms with Crippen molar-refractivity contribution in [2.75, 3.05) is 39.6 Å². The Bertz CT molecular complexity index is 1930. The van der Waals surface area contributed by atoms with E-state index in [1.54, 1.807) is 0 Å². The number of aliphatic hydroxyl groups is 1. The molecule has 0 saturated heterocycles. The summed E-state index contributed by atoms with van der Waals surface area (Å²) < 4.78 is 68.7. The predicted octanol–water partition coefficient (Wildman–Crippen LogP) is 24.8. The quantitative estimate of drug-likeness (QED) is 0.0222. The van der Waals surface area contributed by atoms with E-state index < -0.39 is 97.5 Å². The molecule has 0 spiro atoms. The van der Waals surface area contributed by atoms with E-state index in [4.69, 9.17) is 37.0 Å². The van der Waals surface area contributed by atoms with Gasteiger partial charge >= 0.3 is 39.5 Å². The van der Waals surface area contributed by atoms with Gasteiger partial charge in [-0.25, -0.2) is 9.13 Å². The van der Waals surface area contributed by atoms with Gasteiger partial charge in [0.1, 0.15) is 19.3 Å². The van der Waals surface area contributed by atoms with E-state index in [1.807, 2.05) is 0 Å². The normalized spacial score (nSPS) is 14.1. The number of hydrogen-bond acceptors (Lipinski definition) is 15. The second-order valence-electron chi connectivity index (χ2n) is 29.8. The van der Waals surface area contributed by atoms with Gasteiger partial charge in [0.25, 0.3) is 0 Å². The van der Waals surface area contributed by atoms with Crippen LogP contribution in [0.2, 0.25) is 0 Å². The molecule has 3 unspecified atom stereocenters. The highest BCUT2D eigenvalue weighted by Gasteiger charge is 2.30. The van der Waals surface area contributed by atoms with Gasteiger partial charge in [0.05, 0.1) is 26.4 Å². The SMILES string of the molecule is CCCCCCCCCCCCCCCCCCCCCCCC(=O)O[C@H](COC(=O)CCCCCCCCCCCCCCCCCCC)COP(=O)(O)OC[C@@H](O)COP(=O)(O)OC[C@@H](COC(=O)CCCCCCCCCCC)OC(=O)CCCCCCCCCCCCC(C)CC. The maximum atomic E-state index is 13.1. The molecule has 19 heteroatoms. The maximum Gasteiger partial charge on any atom is 0.472 e. The van der Waals surface area contributed by atoms with Crippen LogP contribution in [0.1, 0.15) is 439 Å². The maximum absolute atomic E-state index is 13.1. The fourth-order valence-electron chi connectivity index (χ4n) is 12.7. The Morgan fingerprint density at radius 1 is 0.277 bits per heavy atom. The predicted molar refractivity (Wildman–Crippen MR) is 414 cm³/mol. The first-order valence-corrected chi connectivity index (χ1v) is 45.7. The summed E-state index contributed by atoms with van der Waals surface area (Å²) in [4.78, 5) is 73.0. The zero-order chi connectivity index (χ0) is 74.1. The van der Waals surface area contributed by atoms with Crippen molar-refractivity contribution in [2.24, 2.45) is 5.92 Å². The topological polar surface area (TPSA) is 237 Å². The molecule has 0 amide bonds. The van der Waals surface area contributed by atoms with Crippen molar-refractivity contribution in [2.45, 2.75) is 457 Å². The number of carbonyl (C=O) groups excluding carboxylic acids is 4. The van der Waals surface area contributed by atoms with Crippen LogP contribution in [0.25, 0.3) is 0 Å². The van der Waals surface area contributed by atoms with E-state index >= 15 is 0 Å². The summed E-state index contributed by atoms with van der Waals surface area (Å²) in [6.45, 7) is 7.34. The first kappa shape index (κ1) is 99.1. The summed E-state index contributed by atoms with van der Waals surface area (Å²) in [7, 11) is -9.92. The Balaban J connectivity index is 5.21. The molecule has 0 aromatic heterocycles. The molecule has 0 rings (SSSR count). The van der Waals surface area contributed by atoms with Gasteiger partial charge in [0.2, 0.25) is 0 Å². The molecule has 101 heavy (non-hydrogen) atoms. The van der Waals surface area contributed by atoms with E-state index in [0.29, 0.717) is 25.7 Å². The number of ether oxygens (including phenoxy) is 4. The Hall–Kier alpha value is -1.94.